The zero-order chi connectivity index (χ0) is 22.0. The minimum atomic E-state index is -0.764. The van der Waals surface area contributed by atoms with Gasteiger partial charge in [-0.3, -0.25) is 4.79 Å². The van der Waals surface area contributed by atoms with Crippen molar-refractivity contribution in [3.8, 4) is 0 Å². The lowest BCUT2D eigenvalue weighted by atomic mass is 9.97. The summed E-state index contributed by atoms with van der Waals surface area (Å²) >= 11 is 0. The van der Waals surface area contributed by atoms with E-state index >= 15 is 0 Å². The van der Waals surface area contributed by atoms with E-state index in [0.717, 1.165) is 0 Å². The van der Waals surface area contributed by atoms with Gasteiger partial charge in [-0.1, -0.05) is 0 Å². The van der Waals surface area contributed by atoms with Crippen molar-refractivity contribution in [3.63, 3.8) is 0 Å². The lowest BCUT2D eigenvalue weighted by molar-refractivity contribution is -0.320. The third-order valence-corrected chi connectivity index (χ3v) is 6.26. The van der Waals surface area contributed by atoms with Crippen LogP contribution in [0.25, 0.3) is 0 Å². The molecule has 30 heavy (non-hydrogen) atoms. The molecule has 10 unspecified atom stereocenters. The Bertz CT molecular complexity index is 563. The van der Waals surface area contributed by atoms with Gasteiger partial charge in [-0.05, 0) is 34.9 Å². The Morgan fingerprint density at radius 2 is 1.57 bits per heavy atom. The Morgan fingerprint density at radius 3 is 2.17 bits per heavy atom. The number of rotatable bonds is 6. The Morgan fingerprint density at radius 1 is 0.933 bits per heavy atom. The van der Waals surface area contributed by atoms with Crippen molar-refractivity contribution in [1.82, 2.24) is 4.90 Å². The molecule has 3 saturated heterocycles. The van der Waals surface area contributed by atoms with Gasteiger partial charge in [0.15, 0.2) is 24.7 Å². The van der Waals surface area contributed by atoms with E-state index in [1.165, 1.54) is 0 Å². The molecule has 0 aromatic carbocycles. The van der Waals surface area contributed by atoms with Gasteiger partial charge in [-0.25, -0.2) is 0 Å². The number of carbonyl (C=O) groups excluding carboxylic acids is 1. The van der Waals surface area contributed by atoms with Gasteiger partial charge in [-0.2, -0.15) is 0 Å². The van der Waals surface area contributed by atoms with Gasteiger partial charge in [0.2, 0.25) is 0 Å². The van der Waals surface area contributed by atoms with Crippen molar-refractivity contribution in [1.29, 1.82) is 0 Å². The molecule has 3 rings (SSSR count). The Labute approximate surface area is 178 Å². The Kier molecular flexibility index (Phi) is 8.25. The van der Waals surface area contributed by atoms with Crippen molar-refractivity contribution in [2.24, 2.45) is 0 Å². The highest BCUT2D eigenvalue weighted by molar-refractivity contribution is 5.83. The molecule has 0 aromatic heterocycles. The topological polar surface area (TPSA) is 95.9 Å². The molecule has 0 spiro atoms. The summed E-state index contributed by atoms with van der Waals surface area (Å²) in [6.07, 6.45) is -2.06. The Balaban J connectivity index is 1.57. The molecule has 0 bridgehead atoms. The van der Waals surface area contributed by atoms with E-state index in [1.54, 1.807) is 14.0 Å². The van der Waals surface area contributed by atoms with Crippen LogP contribution < -0.4 is 0 Å². The molecule has 9 heteroatoms. The maximum atomic E-state index is 11.6. The number of ether oxygens (including phenoxy) is 6. The number of Topliss-reactive ketones (excluding diaryl/α,β-unsaturated/α-hetero) is 1. The smallest absolute Gasteiger partial charge is 0.161 e. The van der Waals surface area contributed by atoms with Gasteiger partial charge >= 0.3 is 0 Å². The van der Waals surface area contributed by atoms with Crippen LogP contribution in [0.1, 0.15) is 46.5 Å². The van der Waals surface area contributed by atoms with E-state index in [2.05, 4.69) is 4.90 Å². The van der Waals surface area contributed by atoms with Crippen LogP contribution in [-0.2, 0) is 33.2 Å². The van der Waals surface area contributed by atoms with Crippen LogP contribution in [0.2, 0.25) is 0 Å². The average molecular weight is 432 g/mol. The summed E-state index contributed by atoms with van der Waals surface area (Å²) in [5.41, 5.74) is 0. The minimum Gasteiger partial charge on any atom is -0.390 e. The first-order chi connectivity index (χ1) is 14.2. The predicted octanol–water partition coefficient (Wildman–Crippen LogP) is 1.06. The molecule has 3 heterocycles. The average Bonchev–Trinajstić information content (AvgIpc) is 2.68. The second-order valence-corrected chi connectivity index (χ2v) is 8.76. The molecule has 174 valence electrons. The second kappa shape index (κ2) is 10.3. The lowest BCUT2D eigenvalue weighted by Crippen LogP contribution is -2.58. The van der Waals surface area contributed by atoms with Crippen LogP contribution in [0.5, 0.6) is 0 Å². The number of aliphatic hydroxyl groups is 1. The highest BCUT2D eigenvalue weighted by Crippen LogP contribution is 2.32. The van der Waals surface area contributed by atoms with E-state index in [-0.39, 0.29) is 42.8 Å². The highest BCUT2D eigenvalue weighted by Gasteiger charge is 2.44. The van der Waals surface area contributed by atoms with Crippen molar-refractivity contribution in [2.45, 2.75) is 108 Å². The summed E-state index contributed by atoms with van der Waals surface area (Å²) in [7, 11) is 5.65. The molecule has 9 nitrogen and oxygen atoms in total. The SMILES string of the molecule is COC1CC(N(C)C)C(OC2CC(O)C(OC3CCC(=O)C(C)O3)C(C)O2)C(C)O1. The quantitative estimate of drug-likeness (QED) is 0.662. The number of aliphatic hydroxyl groups excluding tert-OH is 1. The van der Waals surface area contributed by atoms with Gasteiger partial charge in [0.05, 0.1) is 18.3 Å². The fourth-order valence-electron chi connectivity index (χ4n) is 4.47. The normalized spacial score (nSPS) is 45.7. The number of hydrogen-bond donors (Lipinski definition) is 1. The summed E-state index contributed by atoms with van der Waals surface area (Å²) < 4.78 is 35.2. The van der Waals surface area contributed by atoms with Crippen LogP contribution in [0.3, 0.4) is 0 Å². The number of methoxy groups -OCH3 is 1. The van der Waals surface area contributed by atoms with E-state index in [0.29, 0.717) is 19.3 Å². The molecule has 0 aliphatic carbocycles. The summed E-state index contributed by atoms with van der Waals surface area (Å²) in [6, 6.07) is 0.0957. The molecule has 3 aliphatic heterocycles. The molecule has 10 atom stereocenters. The van der Waals surface area contributed by atoms with Gasteiger partial charge in [0.1, 0.15) is 18.3 Å². The molecular formula is C21H37NO8. The molecule has 0 aromatic rings. The first-order valence-corrected chi connectivity index (χ1v) is 10.9. The van der Waals surface area contributed by atoms with Crippen LogP contribution >= 0.6 is 0 Å². The number of carbonyl (C=O) groups is 1. The molecule has 0 amide bonds. The second-order valence-electron chi connectivity index (χ2n) is 8.76. The van der Waals surface area contributed by atoms with Crippen molar-refractivity contribution in [3.05, 3.63) is 0 Å². The number of likely N-dealkylation sites (N-methyl/N-ethyl adjacent to an activating group) is 1. The summed E-state index contributed by atoms with van der Waals surface area (Å²) in [5, 5.41) is 10.7. The van der Waals surface area contributed by atoms with Gasteiger partial charge < -0.3 is 38.4 Å². The van der Waals surface area contributed by atoms with Crippen molar-refractivity contribution >= 4 is 5.78 Å². The molecule has 3 fully saturated rings. The van der Waals surface area contributed by atoms with Gasteiger partial charge in [0.25, 0.3) is 0 Å². The highest BCUT2D eigenvalue weighted by atomic mass is 16.7. The van der Waals surface area contributed by atoms with Crippen LogP contribution in [-0.4, -0.2) is 98.5 Å². The van der Waals surface area contributed by atoms with E-state index < -0.39 is 30.9 Å². The third kappa shape index (κ3) is 5.58. The van der Waals surface area contributed by atoms with Gasteiger partial charge in [-0.15, -0.1) is 0 Å². The van der Waals surface area contributed by atoms with E-state index in [4.69, 9.17) is 28.4 Å². The summed E-state index contributed by atoms with van der Waals surface area (Å²) in [5.74, 6) is 0.0757. The van der Waals surface area contributed by atoms with E-state index in [1.807, 2.05) is 27.9 Å². The number of hydrogen-bond acceptors (Lipinski definition) is 9. The zero-order valence-electron chi connectivity index (χ0n) is 18.9. The van der Waals surface area contributed by atoms with Crippen LogP contribution in [0, 0.1) is 0 Å². The molecule has 3 aliphatic rings. The summed E-state index contributed by atoms with van der Waals surface area (Å²) in [6.45, 7) is 5.54. The summed E-state index contributed by atoms with van der Waals surface area (Å²) in [4.78, 5) is 13.7. The first kappa shape index (κ1) is 24.0. The third-order valence-electron chi connectivity index (χ3n) is 6.26. The standard InChI is InChI=1S/C21H37NO8/c1-11-15(23)7-8-17(26-11)29-21-13(3)28-19(10-16(21)24)30-20-12(2)27-18(25-6)9-14(20)22(4)5/h11-14,16-21,24H,7-10H2,1-6H3. The monoisotopic (exact) mass is 431 g/mol. The predicted molar refractivity (Wildman–Crippen MR) is 107 cm³/mol. The van der Waals surface area contributed by atoms with E-state index in [9.17, 15) is 9.90 Å². The first-order valence-electron chi connectivity index (χ1n) is 10.9. The molecule has 0 saturated carbocycles. The van der Waals surface area contributed by atoms with Crippen molar-refractivity contribution in [2.75, 3.05) is 21.2 Å². The maximum Gasteiger partial charge on any atom is 0.161 e. The Hall–Kier alpha value is -0.650. The van der Waals surface area contributed by atoms with Crippen molar-refractivity contribution < 1.29 is 38.3 Å². The largest absolute Gasteiger partial charge is 0.390 e. The maximum absolute atomic E-state index is 11.6. The van der Waals surface area contributed by atoms with Crippen LogP contribution in [0.15, 0.2) is 0 Å². The van der Waals surface area contributed by atoms with Gasteiger partial charge in [0, 0.05) is 38.8 Å². The number of nitrogens with zero attached hydrogens (tertiary/aromatic N) is 1. The fourth-order valence-corrected chi connectivity index (χ4v) is 4.47. The zero-order valence-corrected chi connectivity index (χ0v) is 18.9. The molecule has 0 radical (unpaired) electrons. The number of ketones is 1. The molecular weight excluding hydrogens is 394 g/mol. The molecule has 1 N–H and O–H groups in total. The minimum absolute atomic E-state index is 0.0757. The fraction of sp³-hybridized carbons (Fsp3) is 0.952. The lowest BCUT2D eigenvalue weighted by Gasteiger charge is -2.46. The van der Waals surface area contributed by atoms with Crippen LogP contribution in [0.4, 0.5) is 0 Å².